The van der Waals surface area contributed by atoms with Gasteiger partial charge in [-0.15, -0.1) is 0 Å². The first-order valence-corrected chi connectivity index (χ1v) is 5.16. The van der Waals surface area contributed by atoms with E-state index >= 15 is 0 Å². The molecule has 0 radical (unpaired) electrons. The molecule has 90 valence electrons. The van der Waals surface area contributed by atoms with Crippen molar-refractivity contribution in [2.45, 2.75) is 18.9 Å². The van der Waals surface area contributed by atoms with Crippen LogP contribution in [-0.2, 0) is 5.54 Å². The number of hydrogen-bond donors (Lipinski definition) is 1. The van der Waals surface area contributed by atoms with Gasteiger partial charge in [-0.05, 0) is 31.7 Å². The summed E-state index contributed by atoms with van der Waals surface area (Å²) in [5.41, 5.74) is 0.303. The number of alkyl halides is 2. The highest BCUT2D eigenvalue weighted by atomic mass is 19.3. The van der Waals surface area contributed by atoms with Crippen LogP contribution in [0.2, 0.25) is 0 Å². The summed E-state index contributed by atoms with van der Waals surface area (Å²) in [6, 6.07) is 7.15. The highest BCUT2D eigenvalue weighted by Crippen LogP contribution is 2.28. The van der Waals surface area contributed by atoms with Gasteiger partial charge in [-0.1, -0.05) is 12.1 Å². The van der Waals surface area contributed by atoms with E-state index in [9.17, 15) is 8.78 Å². The van der Waals surface area contributed by atoms with Crippen molar-refractivity contribution in [2.75, 3.05) is 26.0 Å². The van der Waals surface area contributed by atoms with E-state index in [2.05, 4.69) is 5.32 Å². The topological polar surface area (TPSA) is 15.3 Å². The second-order valence-electron chi connectivity index (χ2n) is 4.19. The Hall–Kier alpha value is -1.16. The van der Waals surface area contributed by atoms with E-state index in [0.717, 1.165) is 5.69 Å². The van der Waals surface area contributed by atoms with E-state index in [0.29, 0.717) is 5.56 Å². The number of rotatable bonds is 4. The quantitative estimate of drug-likeness (QED) is 0.851. The van der Waals surface area contributed by atoms with Crippen LogP contribution in [0.5, 0.6) is 0 Å². The summed E-state index contributed by atoms with van der Waals surface area (Å²) >= 11 is 0. The second kappa shape index (κ2) is 4.78. The molecule has 0 aromatic heterocycles. The Bertz CT molecular complexity index is 335. The lowest BCUT2D eigenvalue weighted by atomic mass is 9.92. The van der Waals surface area contributed by atoms with Crippen LogP contribution in [0.25, 0.3) is 0 Å². The van der Waals surface area contributed by atoms with Crippen LogP contribution in [0.4, 0.5) is 14.5 Å². The van der Waals surface area contributed by atoms with Crippen molar-refractivity contribution in [3.8, 4) is 0 Å². The molecule has 1 rings (SSSR count). The molecule has 4 heteroatoms. The number of nitrogens with one attached hydrogen (secondary N) is 1. The van der Waals surface area contributed by atoms with Gasteiger partial charge in [0, 0.05) is 19.8 Å². The minimum atomic E-state index is -2.44. The first kappa shape index (κ1) is 12.9. The summed E-state index contributed by atoms with van der Waals surface area (Å²) < 4.78 is 25.9. The largest absolute Gasteiger partial charge is 0.378 e. The number of hydrogen-bond acceptors (Lipinski definition) is 2. The zero-order valence-electron chi connectivity index (χ0n) is 10.1. The van der Waals surface area contributed by atoms with Gasteiger partial charge in [0.25, 0.3) is 6.43 Å². The molecule has 1 aromatic carbocycles. The van der Waals surface area contributed by atoms with Crippen molar-refractivity contribution in [1.82, 2.24) is 5.32 Å². The molecule has 1 N–H and O–H groups in total. The molecule has 0 heterocycles. The number of benzene rings is 1. The molecule has 2 nitrogen and oxygen atoms in total. The Morgan fingerprint density at radius 2 is 1.69 bits per heavy atom. The third kappa shape index (κ3) is 2.32. The fourth-order valence-electron chi connectivity index (χ4n) is 1.49. The van der Waals surface area contributed by atoms with Gasteiger partial charge in [-0.3, -0.25) is 0 Å². The molecule has 0 saturated heterocycles. The van der Waals surface area contributed by atoms with Crippen molar-refractivity contribution in [1.29, 1.82) is 0 Å². The van der Waals surface area contributed by atoms with E-state index in [1.807, 2.05) is 31.1 Å². The van der Waals surface area contributed by atoms with Gasteiger partial charge >= 0.3 is 0 Å². The molecule has 0 amide bonds. The summed E-state index contributed by atoms with van der Waals surface area (Å²) in [6.45, 7) is 1.50. The summed E-state index contributed by atoms with van der Waals surface area (Å²) in [5, 5.41) is 2.68. The lowest BCUT2D eigenvalue weighted by Crippen LogP contribution is -2.43. The molecule has 0 aliphatic rings. The molecule has 0 bridgehead atoms. The standard InChI is InChI=1S/C12H18F2N2/c1-12(15-2,11(13)14)9-5-7-10(8-6-9)16(3)4/h5-8,11,15H,1-4H3. The van der Waals surface area contributed by atoms with Crippen LogP contribution in [0, 0.1) is 0 Å². The van der Waals surface area contributed by atoms with Crippen LogP contribution in [0.15, 0.2) is 24.3 Å². The summed E-state index contributed by atoms with van der Waals surface area (Å²) in [7, 11) is 5.38. The molecule has 0 fully saturated rings. The van der Waals surface area contributed by atoms with E-state index in [1.54, 1.807) is 19.2 Å². The summed E-state index contributed by atoms with van der Waals surface area (Å²) in [6.07, 6.45) is -2.44. The molecule has 0 aliphatic carbocycles. The highest BCUT2D eigenvalue weighted by molar-refractivity contribution is 5.47. The fraction of sp³-hybridized carbons (Fsp3) is 0.500. The average Bonchev–Trinajstić information content (AvgIpc) is 2.27. The molecule has 1 atom stereocenters. The fourth-order valence-corrected chi connectivity index (χ4v) is 1.49. The SMILES string of the molecule is CNC(C)(c1ccc(N(C)C)cc1)C(F)F. The Balaban J connectivity index is 3.04. The van der Waals surface area contributed by atoms with E-state index in [1.165, 1.54) is 6.92 Å². The zero-order valence-corrected chi connectivity index (χ0v) is 10.1. The zero-order chi connectivity index (χ0) is 12.3. The van der Waals surface area contributed by atoms with Crippen LogP contribution in [0.1, 0.15) is 12.5 Å². The minimum Gasteiger partial charge on any atom is -0.378 e. The van der Waals surface area contributed by atoms with Gasteiger partial charge < -0.3 is 10.2 Å². The normalized spacial score (nSPS) is 14.9. The van der Waals surface area contributed by atoms with Crippen LogP contribution >= 0.6 is 0 Å². The monoisotopic (exact) mass is 228 g/mol. The van der Waals surface area contributed by atoms with Crippen LogP contribution < -0.4 is 10.2 Å². The predicted octanol–water partition coefficient (Wildman–Crippen LogP) is 2.45. The van der Waals surface area contributed by atoms with Crippen molar-refractivity contribution >= 4 is 5.69 Å². The van der Waals surface area contributed by atoms with Crippen LogP contribution in [-0.4, -0.2) is 27.6 Å². The summed E-state index contributed by atoms with van der Waals surface area (Å²) in [5.74, 6) is 0. The molecular formula is C12H18F2N2. The molecular weight excluding hydrogens is 210 g/mol. The minimum absolute atomic E-state index is 0.593. The van der Waals surface area contributed by atoms with Crippen molar-refractivity contribution in [3.05, 3.63) is 29.8 Å². The van der Waals surface area contributed by atoms with Gasteiger partial charge in [0.15, 0.2) is 0 Å². The van der Waals surface area contributed by atoms with Gasteiger partial charge in [0.1, 0.15) is 5.54 Å². The Kier molecular flexibility index (Phi) is 3.86. The van der Waals surface area contributed by atoms with Crippen molar-refractivity contribution < 1.29 is 8.78 Å². The van der Waals surface area contributed by atoms with Crippen molar-refractivity contribution in [2.24, 2.45) is 0 Å². The number of halogens is 2. The van der Waals surface area contributed by atoms with E-state index < -0.39 is 12.0 Å². The maximum absolute atomic E-state index is 13.0. The third-order valence-corrected chi connectivity index (χ3v) is 2.94. The predicted molar refractivity (Wildman–Crippen MR) is 63.2 cm³/mol. The maximum atomic E-state index is 13.0. The molecule has 1 unspecified atom stereocenters. The molecule has 0 spiro atoms. The lowest BCUT2D eigenvalue weighted by Gasteiger charge is -2.29. The first-order chi connectivity index (χ1) is 7.41. The highest BCUT2D eigenvalue weighted by Gasteiger charge is 2.34. The Labute approximate surface area is 95.3 Å². The number of anilines is 1. The van der Waals surface area contributed by atoms with Gasteiger partial charge in [-0.25, -0.2) is 8.78 Å². The average molecular weight is 228 g/mol. The first-order valence-electron chi connectivity index (χ1n) is 5.16. The van der Waals surface area contributed by atoms with Crippen molar-refractivity contribution in [3.63, 3.8) is 0 Å². The molecule has 1 aromatic rings. The number of nitrogens with zero attached hydrogens (tertiary/aromatic N) is 1. The smallest absolute Gasteiger partial charge is 0.260 e. The Morgan fingerprint density at radius 1 is 1.19 bits per heavy atom. The van der Waals surface area contributed by atoms with E-state index in [-0.39, 0.29) is 0 Å². The van der Waals surface area contributed by atoms with Crippen LogP contribution in [0.3, 0.4) is 0 Å². The van der Waals surface area contributed by atoms with Gasteiger partial charge in [-0.2, -0.15) is 0 Å². The maximum Gasteiger partial charge on any atom is 0.260 e. The Morgan fingerprint density at radius 3 is 2.00 bits per heavy atom. The summed E-state index contributed by atoms with van der Waals surface area (Å²) in [4.78, 5) is 1.93. The molecule has 16 heavy (non-hydrogen) atoms. The second-order valence-corrected chi connectivity index (χ2v) is 4.19. The lowest BCUT2D eigenvalue weighted by molar-refractivity contribution is 0.0432. The third-order valence-electron chi connectivity index (χ3n) is 2.94. The molecule has 0 saturated carbocycles. The molecule has 0 aliphatic heterocycles. The van der Waals surface area contributed by atoms with Gasteiger partial charge in [0.2, 0.25) is 0 Å². The van der Waals surface area contributed by atoms with Gasteiger partial charge in [0.05, 0.1) is 0 Å². The van der Waals surface area contributed by atoms with E-state index in [4.69, 9.17) is 0 Å².